The number of aliphatic carboxylic acids is 3. The number of terminal acetylenes is 1. The van der Waals surface area contributed by atoms with E-state index in [1.54, 1.807) is 18.2 Å². The Balaban J connectivity index is 1.45. The summed E-state index contributed by atoms with van der Waals surface area (Å²) in [5.74, 6) is -2.62. The van der Waals surface area contributed by atoms with E-state index in [0.29, 0.717) is 29.4 Å². The van der Waals surface area contributed by atoms with Crippen molar-refractivity contribution < 1.29 is 44.4 Å². The van der Waals surface area contributed by atoms with E-state index in [9.17, 15) is 44.1 Å². The number of nitrogens with zero attached hydrogens (tertiary/aromatic N) is 3. The number of aromatic amines is 1. The van der Waals surface area contributed by atoms with Crippen LogP contribution in [0.1, 0.15) is 65.5 Å². The van der Waals surface area contributed by atoms with Gasteiger partial charge in [0.05, 0.1) is 23.5 Å². The van der Waals surface area contributed by atoms with E-state index in [-0.39, 0.29) is 42.4 Å². The first-order valence-corrected chi connectivity index (χ1v) is 15.0. The van der Waals surface area contributed by atoms with Gasteiger partial charge in [-0.25, -0.2) is 14.6 Å². The summed E-state index contributed by atoms with van der Waals surface area (Å²) in [7, 11) is 1.19. The number of H-pyrrole nitrogens is 1. The molecule has 1 aliphatic rings. The van der Waals surface area contributed by atoms with Crippen LogP contribution >= 0.6 is 0 Å². The van der Waals surface area contributed by atoms with Crippen molar-refractivity contribution >= 4 is 46.3 Å². The predicted molar refractivity (Wildman–Crippen MR) is 171 cm³/mol. The number of rotatable bonds is 15. The standard InChI is InChI=1S/C33H35N5O10/c1-3-14-38(25-10-6-19-15-24-22(16-21(19)25)31(44)36-27(17-39)34-24)20-7-4-18(5-8-20)30(43)35-23(32(45)46)9-12-28(40)37(2)26(33(47)48)11-13-29(41)42/h1,4-5,7-8,15-16,23,25-26,39H,6,9-14,17H2,2H3,(H,35,43)(H,41,42)(H,45,46)(H,47,48)(H,34,36,44)/t23-,25?,26-/m0/s1. The molecule has 2 amide bonds. The molecule has 3 atom stereocenters. The van der Waals surface area contributed by atoms with Crippen LogP contribution in [0.5, 0.6) is 0 Å². The number of carbonyl (C=O) groups is 5. The second-order valence-corrected chi connectivity index (χ2v) is 11.4. The molecular weight excluding hydrogens is 626 g/mol. The summed E-state index contributed by atoms with van der Waals surface area (Å²) in [5.41, 5.74) is 2.85. The van der Waals surface area contributed by atoms with Crippen LogP contribution in [0, 0.1) is 12.3 Å². The van der Waals surface area contributed by atoms with Gasteiger partial charge in [-0.2, -0.15) is 0 Å². The Morgan fingerprint density at radius 1 is 1.06 bits per heavy atom. The van der Waals surface area contributed by atoms with Crippen LogP contribution in [0.15, 0.2) is 41.2 Å². The third-order valence-electron chi connectivity index (χ3n) is 8.34. The molecule has 0 saturated heterocycles. The molecule has 0 saturated carbocycles. The molecule has 4 rings (SSSR count). The van der Waals surface area contributed by atoms with E-state index in [4.69, 9.17) is 11.5 Å². The molecule has 1 aliphatic carbocycles. The van der Waals surface area contributed by atoms with Crippen LogP contribution in [-0.4, -0.2) is 90.7 Å². The Kier molecular flexibility index (Phi) is 11.1. The number of aryl methyl sites for hydroxylation is 1. The number of amides is 2. The zero-order chi connectivity index (χ0) is 35.1. The Hall–Kier alpha value is -5.75. The van der Waals surface area contributed by atoms with Gasteiger partial charge < -0.3 is 40.5 Å². The summed E-state index contributed by atoms with van der Waals surface area (Å²) in [6.07, 6.45) is 5.57. The van der Waals surface area contributed by atoms with Crippen molar-refractivity contribution in [1.82, 2.24) is 20.2 Å². The van der Waals surface area contributed by atoms with E-state index in [1.165, 1.54) is 19.2 Å². The third-order valence-corrected chi connectivity index (χ3v) is 8.34. The monoisotopic (exact) mass is 661 g/mol. The molecule has 2 aromatic carbocycles. The minimum Gasteiger partial charge on any atom is -0.481 e. The molecule has 0 aliphatic heterocycles. The van der Waals surface area contributed by atoms with Crippen molar-refractivity contribution in [1.29, 1.82) is 0 Å². The first-order chi connectivity index (χ1) is 22.8. The van der Waals surface area contributed by atoms with E-state index < -0.39 is 61.3 Å². The van der Waals surface area contributed by atoms with Crippen molar-refractivity contribution in [2.45, 2.75) is 63.3 Å². The van der Waals surface area contributed by atoms with Crippen LogP contribution in [0.3, 0.4) is 0 Å². The Morgan fingerprint density at radius 3 is 2.38 bits per heavy atom. The van der Waals surface area contributed by atoms with Crippen LogP contribution in [0.4, 0.5) is 5.69 Å². The van der Waals surface area contributed by atoms with Crippen molar-refractivity contribution in [2.75, 3.05) is 18.5 Å². The molecule has 252 valence electrons. The minimum atomic E-state index is -1.47. The number of aromatic nitrogens is 2. The number of fused-ring (bicyclic) bond motifs is 2. The van der Waals surface area contributed by atoms with Gasteiger partial charge in [0.2, 0.25) is 5.91 Å². The van der Waals surface area contributed by atoms with Crippen LogP contribution in [0.25, 0.3) is 10.9 Å². The molecular formula is C33H35N5O10. The molecule has 0 spiro atoms. The maximum Gasteiger partial charge on any atom is 0.326 e. The summed E-state index contributed by atoms with van der Waals surface area (Å²) in [4.78, 5) is 82.3. The lowest BCUT2D eigenvalue weighted by Gasteiger charge is -2.30. The predicted octanol–water partition coefficient (Wildman–Crippen LogP) is 1.28. The minimum absolute atomic E-state index is 0.142. The summed E-state index contributed by atoms with van der Waals surface area (Å²) in [6.45, 7) is -0.177. The third kappa shape index (κ3) is 7.96. The number of carboxylic acid groups (broad SMARTS) is 3. The van der Waals surface area contributed by atoms with Gasteiger partial charge in [-0.15, -0.1) is 6.42 Å². The lowest BCUT2D eigenvalue weighted by Crippen LogP contribution is -2.45. The summed E-state index contributed by atoms with van der Waals surface area (Å²) in [6, 6.07) is 6.92. The SMILES string of the molecule is C#CCN(c1ccc(C(=O)N[C@@H](CCC(=O)N(C)[C@@H](CCC(=O)O)C(=O)O)C(=O)O)cc1)C1CCc2cc3nc(CO)[nH]c(=O)c3cc21. The summed E-state index contributed by atoms with van der Waals surface area (Å²) < 4.78 is 0. The zero-order valence-electron chi connectivity index (χ0n) is 26.0. The van der Waals surface area contributed by atoms with Gasteiger partial charge in [-0.05, 0) is 73.2 Å². The van der Waals surface area contributed by atoms with Crippen molar-refractivity contribution in [3.8, 4) is 12.3 Å². The number of hydrogen-bond donors (Lipinski definition) is 6. The quantitative estimate of drug-likeness (QED) is 0.127. The number of hydrogen-bond acceptors (Lipinski definition) is 9. The molecule has 0 fully saturated rings. The number of carbonyl (C=O) groups excluding carboxylic acids is 2. The maximum absolute atomic E-state index is 13.0. The van der Waals surface area contributed by atoms with Crippen molar-refractivity contribution in [2.24, 2.45) is 0 Å². The highest BCUT2D eigenvalue weighted by Gasteiger charge is 2.31. The fourth-order valence-electron chi connectivity index (χ4n) is 5.81. The molecule has 1 unspecified atom stereocenters. The Bertz CT molecular complexity index is 1830. The van der Waals surface area contributed by atoms with Crippen LogP contribution in [-0.2, 0) is 32.2 Å². The maximum atomic E-state index is 13.0. The second-order valence-electron chi connectivity index (χ2n) is 11.4. The highest BCUT2D eigenvalue weighted by atomic mass is 16.4. The number of carboxylic acids is 3. The van der Waals surface area contributed by atoms with Gasteiger partial charge in [-0.1, -0.05) is 5.92 Å². The number of likely N-dealkylation sites (N-methyl/N-ethyl adjacent to an activating group) is 1. The van der Waals surface area contributed by atoms with Crippen LogP contribution in [0.2, 0.25) is 0 Å². The molecule has 1 heterocycles. The Morgan fingerprint density at radius 2 is 1.77 bits per heavy atom. The fourth-order valence-corrected chi connectivity index (χ4v) is 5.81. The second kappa shape index (κ2) is 15.2. The first kappa shape index (κ1) is 35.1. The van der Waals surface area contributed by atoms with Gasteiger partial charge >= 0.3 is 17.9 Å². The highest BCUT2D eigenvalue weighted by Crippen LogP contribution is 2.39. The first-order valence-electron chi connectivity index (χ1n) is 15.0. The van der Waals surface area contributed by atoms with E-state index in [2.05, 4.69) is 21.2 Å². The average Bonchev–Trinajstić information content (AvgIpc) is 3.46. The Labute approximate surface area is 274 Å². The summed E-state index contributed by atoms with van der Waals surface area (Å²) in [5, 5.41) is 40.1. The van der Waals surface area contributed by atoms with E-state index in [1.807, 2.05) is 11.0 Å². The van der Waals surface area contributed by atoms with Gasteiger partial charge in [-0.3, -0.25) is 19.2 Å². The zero-order valence-corrected chi connectivity index (χ0v) is 26.0. The number of anilines is 1. The topological polar surface area (TPSA) is 231 Å². The van der Waals surface area contributed by atoms with Crippen LogP contribution < -0.4 is 15.8 Å². The largest absolute Gasteiger partial charge is 0.481 e. The van der Waals surface area contributed by atoms with Crippen molar-refractivity contribution in [3.05, 3.63) is 69.3 Å². The van der Waals surface area contributed by atoms with Gasteiger partial charge in [0.25, 0.3) is 11.5 Å². The molecule has 0 bridgehead atoms. The molecule has 1 aromatic heterocycles. The smallest absolute Gasteiger partial charge is 0.326 e. The van der Waals surface area contributed by atoms with E-state index in [0.717, 1.165) is 16.0 Å². The fraction of sp³-hybridized carbons (Fsp3) is 0.364. The molecule has 3 aromatic rings. The average molecular weight is 662 g/mol. The number of nitrogens with one attached hydrogen (secondary N) is 2. The van der Waals surface area contributed by atoms with Gasteiger partial charge in [0.1, 0.15) is 24.5 Å². The normalized spacial score (nSPS) is 14.7. The lowest BCUT2D eigenvalue weighted by atomic mass is 10.0. The van der Waals surface area contributed by atoms with Crippen molar-refractivity contribution in [3.63, 3.8) is 0 Å². The number of aliphatic hydroxyl groups is 1. The van der Waals surface area contributed by atoms with Gasteiger partial charge in [0, 0.05) is 31.1 Å². The van der Waals surface area contributed by atoms with Gasteiger partial charge in [0.15, 0.2) is 0 Å². The molecule has 15 nitrogen and oxygen atoms in total. The highest BCUT2D eigenvalue weighted by molar-refractivity contribution is 5.97. The summed E-state index contributed by atoms with van der Waals surface area (Å²) >= 11 is 0. The van der Waals surface area contributed by atoms with E-state index >= 15 is 0 Å². The number of benzene rings is 2. The lowest BCUT2D eigenvalue weighted by molar-refractivity contribution is -0.150. The molecule has 48 heavy (non-hydrogen) atoms. The molecule has 15 heteroatoms. The molecule has 6 N–H and O–H groups in total. The number of aliphatic hydroxyl groups excluding tert-OH is 1. The molecule has 0 radical (unpaired) electrons.